The van der Waals surface area contributed by atoms with E-state index < -0.39 is 11.4 Å². The molecule has 0 radical (unpaired) electrons. The number of hydrogen-bond acceptors (Lipinski definition) is 3. The summed E-state index contributed by atoms with van der Waals surface area (Å²) >= 11 is 0. The lowest BCUT2D eigenvalue weighted by molar-refractivity contribution is -0.147. The lowest BCUT2D eigenvalue weighted by atomic mass is 9.90. The Kier molecular flexibility index (Phi) is 4.83. The highest BCUT2D eigenvalue weighted by atomic mass is 16.4. The number of nitrogens with one attached hydrogen (secondary N) is 1. The van der Waals surface area contributed by atoms with Gasteiger partial charge in [-0.25, -0.2) is 0 Å². The molecule has 1 saturated heterocycles. The fourth-order valence-corrected chi connectivity index (χ4v) is 2.49. The fourth-order valence-electron chi connectivity index (χ4n) is 2.49. The average Bonchev–Trinajstić information content (AvgIpc) is 2.96. The Morgan fingerprint density at radius 3 is 2.43 bits per heavy atom. The Balaban J connectivity index is 1.99. The number of carbonyl (C=O) groups excluding carboxylic acids is 2. The van der Waals surface area contributed by atoms with Gasteiger partial charge in [0.05, 0.1) is 5.41 Å². The predicted molar refractivity (Wildman–Crippen MR) is 85.8 cm³/mol. The number of carboxylic acid groups (broad SMARTS) is 1. The Bertz CT molecular complexity index is 651. The van der Waals surface area contributed by atoms with Gasteiger partial charge in [0.1, 0.15) is 0 Å². The fraction of sp³-hybridized carbons (Fsp3) is 0.353. The molecule has 0 saturated carbocycles. The Morgan fingerprint density at radius 1 is 1.26 bits per heavy atom. The Labute approximate surface area is 134 Å². The van der Waals surface area contributed by atoms with E-state index in [1.54, 1.807) is 49.2 Å². The number of benzene rings is 1. The van der Waals surface area contributed by atoms with Crippen molar-refractivity contribution < 1.29 is 19.5 Å². The van der Waals surface area contributed by atoms with Crippen LogP contribution in [0.3, 0.4) is 0 Å². The van der Waals surface area contributed by atoms with Gasteiger partial charge in [-0.15, -0.1) is 0 Å². The standard InChI is InChI=1S/C17H20N2O4/c1-17(16(22)23)9-10-19(11-17)14(20)8-5-12-3-6-13(7-4-12)15(21)18-2/h3-8H,9-11H2,1-2H3,(H,18,21)(H,22,23). The smallest absolute Gasteiger partial charge is 0.311 e. The largest absolute Gasteiger partial charge is 0.481 e. The first-order valence-corrected chi connectivity index (χ1v) is 7.38. The second kappa shape index (κ2) is 6.64. The summed E-state index contributed by atoms with van der Waals surface area (Å²) in [5.74, 6) is -1.24. The van der Waals surface area contributed by atoms with Crippen molar-refractivity contribution in [3.8, 4) is 0 Å². The molecule has 1 fully saturated rings. The van der Waals surface area contributed by atoms with Crippen LogP contribution < -0.4 is 5.32 Å². The van der Waals surface area contributed by atoms with Crippen molar-refractivity contribution in [2.75, 3.05) is 20.1 Å². The quantitative estimate of drug-likeness (QED) is 0.822. The third-order valence-electron chi connectivity index (χ3n) is 4.12. The van der Waals surface area contributed by atoms with Crippen molar-refractivity contribution in [1.29, 1.82) is 0 Å². The normalized spacial score (nSPS) is 20.7. The molecule has 2 amide bonds. The molecule has 0 bridgehead atoms. The van der Waals surface area contributed by atoms with Gasteiger partial charge in [-0.3, -0.25) is 14.4 Å². The van der Waals surface area contributed by atoms with Gasteiger partial charge in [-0.05, 0) is 37.1 Å². The van der Waals surface area contributed by atoms with E-state index in [0.717, 1.165) is 5.56 Å². The maximum atomic E-state index is 12.1. The summed E-state index contributed by atoms with van der Waals surface area (Å²) in [7, 11) is 1.57. The molecule has 1 aliphatic heterocycles. The third-order valence-corrected chi connectivity index (χ3v) is 4.12. The van der Waals surface area contributed by atoms with Gasteiger partial charge in [0, 0.05) is 31.8 Å². The van der Waals surface area contributed by atoms with E-state index in [0.29, 0.717) is 18.5 Å². The number of rotatable bonds is 4. The van der Waals surface area contributed by atoms with E-state index in [9.17, 15) is 19.5 Å². The van der Waals surface area contributed by atoms with E-state index in [1.807, 2.05) is 0 Å². The van der Waals surface area contributed by atoms with E-state index >= 15 is 0 Å². The SMILES string of the molecule is CNC(=O)c1ccc(C=CC(=O)N2CCC(C)(C(=O)O)C2)cc1. The topological polar surface area (TPSA) is 86.7 Å². The Hall–Kier alpha value is -2.63. The van der Waals surface area contributed by atoms with Crippen molar-refractivity contribution in [1.82, 2.24) is 10.2 Å². The van der Waals surface area contributed by atoms with Gasteiger partial charge in [-0.2, -0.15) is 0 Å². The monoisotopic (exact) mass is 316 g/mol. The molecule has 23 heavy (non-hydrogen) atoms. The molecule has 0 aromatic heterocycles. The summed E-state index contributed by atoms with van der Waals surface area (Å²) in [4.78, 5) is 36.3. The Morgan fingerprint density at radius 2 is 1.91 bits per heavy atom. The first kappa shape index (κ1) is 16.7. The van der Waals surface area contributed by atoms with Crippen molar-refractivity contribution >= 4 is 23.9 Å². The van der Waals surface area contributed by atoms with Gasteiger partial charge in [0.2, 0.25) is 5.91 Å². The predicted octanol–water partition coefficient (Wildman–Crippen LogP) is 1.38. The summed E-state index contributed by atoms with van der Waals surface area (Å²) in [6.45, 7) is 2.33. The molecule has 2 rings (SSSR count). The third kappa shape index (κ3) is 3.77. The summed E-state index contributed by atoms with van der Waals surface area (Å²) in [5, 5.41) is 11.7. The summed E-state index contributed by atoms with van der Waals surface area (Å²) in [6.07, 6.45) is 3.55. The van der Waals surface area contributed by atoms with Crippen LogP contribution in [-0.2, 0) is 9.59 Å². The van der Waals surface area contributed by atoms with Crippen LogP contribution in [-0.4, -0.2) is 47.9 Å². The molecular formula is C17H20N2O4. The van der Waals surface area contributed by atoms with Gasteiger partial charge >= 0.3 is 5.97 Å². The highest BCUT2D eigenvalue weighted by Gasteiger charge is 2.41. The molecule has 1 atom stereocenters. The molecular weight excluding hydrogens is 296 g/mol. The zero-order chi connectivity index (χ0) is 17.0. The number of carbonyl (C=O) groups is 3. The zero-order valence-electron chi connectivity index (χ0n) is 13.2. The molecule has 1 unspecified atom stereocenters. The van der Waals surface area contributed by atoms with Crippen LogP contribution in [0, 0.1) is 5.41 Å². The van der Waals surface area contributed by atoms with Gasteiger partial charge in [0.15, 0.2) is 0 Å². The molecule has 6 nitrogen and oxygen atoms in total. The second-order valence-electron chi connectivity index (χ2n) is 5.91. The summed E-state index contributed by atoms with van der Waals surface area (Å²) in [5.41, 5.74) is 0.484. The minimum Gasteiger partial charge on any atom is -0.481 e. The van der Waals surface area contributed by atoms with E-state index in [-0.39, 0.29) is 18.4 Å². The summed E-state index contributed by atoms with van der Waals surface area (Å²) < 4.78 is 0. The maximum absolute atomic E-state index is 12.1. The number of aliphatic carboxylic acids is 1. The van der Waals surface area contributed by atoms with Crippen molar-refractivity contribution in [3.63, 3.8) is 0 Å². The number of nitrogens with zero attached hydrogens (tertiary/aromatic N) is 1. The van der Waals surface area contributed by atoms with Crippen LogP contribution in [0.2, 0.25) is 0 Å². The van der Waals surface area contributed by atoms with Crippen LogP contribution >= 0.6 is 0 Å². The highest BCUT2D eigenvalue weighted by molar-refractivity contribution is 5.95. The minimum absolute atomic E-state index is 0.165. The van der Waals surface area contributed by atoms with E-state index in [2.05, 4.69) is 5.32 Å². The van der Waals surface area contributed by atoms with E-state index in [4.69, 9.17) is 0 Å². The van der Waals surface area contributed by atoms with Crippen molar-refractivity contribution in [2.24, 2.45) is 5.41 Å². The number of amides is 2. The molecule has 6 heteroatoms. The van der Waals surface area contributed by atoms with Crippen molar-refractivity contribution in [2.45, 2.75) is 13.3 Å². The maximum Gasteiger partial charge on any atom is 0.311 e. The van der Waals surface area contributed by atoms with Gasteiger partial charge in [-0.1, -0.05) is 12.1 Å². The number of likely N-dealkylation sites (tertiary alicyclic amines) is 1. The molecule has 2 N–H and O–H groups in total. The summed E-state index contributed by atoms with van der Waals surface area (Å²) in [6, 6.07) is 6.86. The average molecular weight is 316 g/mol. The lowest BCUT2D eigenvalue weighted by Gasteiger charge is -2.18. The van der Waals surface area contributed by atoms with Crippen LogP contribution in [0.25, 0.3) is 6.08 Å². The van der Waals surface area contributed by atoms with Crippen molar-refractivity contribution in [3.05, 3.63) is 41.5 Å². The zero-order valence-corrected chi connectivity index (χ0v) is 13.2. The molecule has 1 aromatic carbocycles. The molecule has 1 aliphatic rings. The molecule has 1 heterocycles. The van der Waals surface area contributed by atoms with Crippen LogP contribution in [0.5, 0.6) is 0 Å². The number of hydrogen-bond donors (Lipinski definition) is 2. The van der Waals surface area contributed by atoms with Crippen LogP contribution in [0.4, 0.5) is 0 Å². The van der Waals surface area contributed by atoms with E-state index in [1.165, 1.54) is 6.08 Å². The van der Waals surface area contributed by atoms with Crippen LogP contribution in [0.15, 0.2) is 30.3 Å². The second-order valence-corrected chi connectivity index (χ2v) is 5.91. The molecule has 0 aliphatic carbocycles. The first-order valence-electron chi connectivity index (χ1n) is 7.38. The highest BCUT2D eigenvalue weighted by Crippen LogP contribution is 2.30. The lowest BCUT2D eigenvalue weighted by Crippen LogP contribution is -2.34. The van der Waals surface area contributed by atoms with Gasteiger partial charge < -0.3 is 15.3 Å². The molecule has 0 spiro atoms. The first-order chi connectivity index (χ1) is 10.9. The molecule has 122 valence electrons. The molecule has 1 aromatic rings. The number of carboxylic acids is 1. The van der Waals surface area contributed by atoms with Crippen LogP contribution in [0.1, 0.15) is 29.3 Å². The minimum atomic E-state index is -0.874. The van der Waals surface area contributed by atoms with Gasteiger partial charge in [0.25, 0.3) is 5.91 Å².